The molecular weight excluding hydrogens is 432 g/mol. The third-order valence-electron chi connectivity index (χ3n) is 3.88. The minimum Gasteiger partial charge on any atom is -0.310 e. The maximum absolute atomic E-state index is 12.6. The van der Waals surface area contributed by atoms with Crippen molar-refractivity contribution in [2.75, 3.05) is 11.6 Å². The van der Waals surface area contributed by atoms with E-state index in [1.54, 1.807) is 4.57 Å². The molecule has 0 aliphatic carbocycles. The SMILES string of the molecule is CCn1c(NC(=O)c2cc(=O)[nH]c(CSC)n2)nnc1SCc1ccccc1Cl. The van der Waals surface area contributed by atoms with E-state index in [1.807, 2.05) is 37.4 Å². The van der Waals surface area contributed by atoms with Gasteiger partial charge in [-0.05, 0) is 24.8 Å². The maximum atomic E-state index is 12.6. The van der Waals surface area contributed by atoms with Crippen molar-refractivity contribution in [1.29, 1.82) is 0 Å². The second-order valence-electron chi connectivity index (χ2n) is 5.89. The summed E-state index contributed by atoms with van der Waals surface area (Å²) in [5, 5.41) is 12.3. The molecule has 11 heteroatoms. The van der Waals surface area contributed by atoms with Crippen molar-refractivity contribution in [3.05, 3.63) is 62.8 Å². The van der Waals surface area contributed by atoms with E-state index in [1.165, 1.54) is 29.6 Å². The summed E-state index contributed by atoms with van der Waals surface area (Å²) in [6.45, 7) is 2.49. The first-order valence-corrected chi connectivity index (χ1v) is 11.5. The third-order valence-corrected chi connectivity index (χ3v) is 5.82. The number of hydrogen-bond donors (Lipinski definition) is 2. The molecule has 0 bridgehead atoms. The average Bonchev–Trinajstić information content (AvgIpc) is 3.08. The molecular formula is C18H19ClN6O2S2. The van der Waals surface area contributed by atoms with Gasteiger partial charge in [0.1, 0.15) is 11.5 Å². The van der Waals surface area contributed by atoms with E-state index in [0.717, 1.165) is 5.56 Å². The lowest BCUT2D eigenvalue weighted by Gasteiger charge is -2.09. The van der Waals surface area contributed by atoms with Crippen molar-refractivity contribution in [2.45, 2.75) is 30.1 Å². The standard InChI is InChI=1S/C18H19ClN6O2S2/c1-3-25-17(22-16(27)13-8-15(26)21-14(20-13)10-28-2)23-24-18(25)29-9-11-6-4-5-7-12(11)19/h4-8H,3,9-10H2,1-2H3,(H,20,21,26)(H,22,23,27). The molecule has 0 unspecified atom stereocenters. The van der Waals surface area contributed by atoms with Gasteiger partial charge in [-0.1, -0.05) is 41.6 Å². The number of hydrogen-bond acceptors (Lipinski definition) is 7. The highest BCUT2D eigenvalue weighted by atomic mass is 35.5. The molecule has 3 rings (SSSR count). The first-order chi connectivity index (χ1) is 14.0. The zero-order valence-electron chi connectivity index (χ0n) is 15.8. The molecule has 0 saturated heterocycles. The number of carbonyl (C=O) groups is 1. The van der Waals surface area contributed by atoms with Gasteiger partial charge in [0.2, 0.25) is 5.95 Å². The van der Waals surface area contributed by atoms with Gasteiger partial charge in [-0.2, -0.15) is 11.8 Å². The number of halogens is 1. The zero-order chi connectivity index (χ0) is 20.8. The van der Waals surface area contributed by atoms with Crippen molar-refractivity contribution in [1.82, 2.24) is 24.7 Å². The number of nitrogens with one attached hydrogen (secondary N) is 2. The molecule has 0 radical (unpaired) electrons. The molecule has 0 aliphatic heterocycles. The van der Waals surface area contributed by atoms with Gasteiger partial charge in [-0.3, -0.25) is 19.5 Å². The second kappa shape index (κ2) is 9.95. The van der Waals surface area contributed by atoms with Crippen molar-refractivity contribution in [3.63, 3.8) is 0 Å². The molecule has 0 atom stereocenters. The Kier molecular flexibility index (Phi) is 7.34. The highest BCUT2D eigenvalue weighted by molar-refractivity contribution is 7.98. The quantitative estimate of drug-likeness (QED) is 0.506. The zero-order valence-corrected chi connectivity index (χ0v) is 18.2. The molecule has 2 heterocycles. The van der Waals surface area contributed by atoms with Crippen LogP contribution in [0.1, 0.15) is 28.8 Å². The summed E-state index contributed by atoms with van der Waals surface area (Å²) >= 11 is 9.18. The number of aromatic nitrogens is 5. The van der Waals surface area contributed by atoms with E-state index in [0.29, 0.717) is 40.0 Å². The summed E-state index contributed by atoms with van der Waals surface area (Å²) in [5.74, 6) is 1.36. The Morgan fingerprint density at radius 1 is 1.28 bits per heavy atom. The Morgan fingerprint density at radius 2 is 2.07 bits per heavy atom. The van der Waals surface area contributed by atoms with Crippen LogP contribution in [-0.2, 0) is 18.1 Å². The van der Waals surface area contributed by atoms with Gasteiger partial charge >= 0.3 is 0 Å². The van der Waals surface area contributed by atoms with Crippen LogP contribution >= 0.6 is 35.1 Å². The van der Waals surface area contributed by atoms with Gasteiger partial charge < -0.3 is 4.98 Å². The topological polar surface area (TPSA) is 106 Å². The Labute approximate surface area is 180 Å². The first-order valence-electron chi connectivity index (χ1n) is 8.71. The van der Waals surface area contributed by atoms with Crippen LogP contribution in [0.25, 0.3) is 0 Å². The lowest BCUT2D eigenvalue weighted by Crippen LogP contribution is -2.21. The van der Waals surface area contributed by atoms with Gasteiger partial charge in [-0.15, -0.1) is 10.2 Å². The summed E-state index contributed by atoms with van der Waals surface area (Å²) < 4.78 is 1.79. The van der Waals surface area contributed by atoms with Crippen LogP contribution in [-0.4, -0.2) is 36.9 Å². The minimum atomic E-state index is -0.511. The van der Waals surface area contributed by atoms with Crippen LogP contribution in [0, 0.1) is 0 Å². The minimum absolute atomic E-state index is 0.0359. The van der Waals surface area contributed by atoms with E-state index >= 15 is 0 Å². The normalized spacial score (nSPS) is 10.9. The van der Waals surface area contributed by atoms with E-state index in [-0.39, 0.29) is 11.3 Å². The largest absolute Gasteiger partial charge is 0.310 e. The van der Waals surface area contributed by atoms with Crippen molar-refractivity contribution >= 4 is 47.0 Å². The molecule has 0 aliphatic rings. The van der Waals surface area contributed by atoms with Crippen LogP contribution in [0.4, 0.5) is 5.95 Å². The van der Waals surface area contributed by atoms with Crippen LogP contribution < -0.4 is 10.9 Å². The van der Waals surface area contributed by atoms with Crippen LogP contribution in [0.5, 0.6) is 0 Å². The van der Waals surface area contributed by atoms with Crippen molar-refractivity contribution in [3.8, 4) is 0 Å². The van der Waals surface area contributed by atoms with Crippen molar-refractivity contribution in [2.24, 2.45) is 0 Å². The molecule has 2 N–H and O–H groups in total. The number of aromatic amines is 1. The number of H-pyrrole nitrogens is 1. The molecule has 2 aromatic heterocycles. The van der Waals surface area contributed by atoms with Gasteiger partial charge in [0.15, 0.2) is 5.16 Å². The Bertz CT molecular complexity index is 1070. The fourth-order valence-corrected chi connectivity index (χ4v) is 4.22. The fraction of sp³-hybridized carbons (Fsp3) is 0.278. The number of benzene rings is 1. The Morgan fingerprint density at radius 3 is 2.79 bits per heavy atom. The highest BCUT2D eigenvalue weighted by Gasteiger charge is 2.17. The molecule has 0 saturated carbocycles. The number of amides is 1. The van der Waals surface area contributed by atoms with Crippen LogP contribution in [0.2, 0.25) is 5.02 Å². The monoisotopic (exact) mass is 450 g/mol. The molecule has 0 spiro atoms. The number of rotatable bonds is 8. The lowest BCUT2D eigenvalue weighted by atomic mass is 10.2. The molecule has 29 heavy (non-hydrogen) atoms. The number of thioether (sulfide) groups is 2. The van der Waals surface area contributed by atoms with E-state index in [2.05, 4.69) is 25.5 Å². The van der Waals surface area contributed by atoms with Gasteiger partial charge in [0, 0.05) is 23.4 Å². The molecule has 0 fully saturated rings. The van der Waals surface area contributed by atoms with Crippen LogP contribution in [0.3, 0.4) is 0 Å². The number of anilines is 1. The van der Waals surface area contributed by atoms with Gasteiger partial charge in [0.25, 0.3) is 11.5 Å². The van der Waals surface area contributed by atoms with Gasteiger partial charge in [0.05, 0.1) is 5.75 Å². The fourth-order valence-electron chi connectivity index (χ4n) is 2.53. The van der Waals surface area contributed by atoms with E-state index in [4.69, 9.17) is 11.6 Å². The Balaban J connectivity index is 1.75. The summed E-state index contributed by atoms with van der Waals surface area (Å²) in [7, 11) is 0. The molecule has 152 valence electrons. The van der Waals surface area contributed by atoms with E-state index in [9.17, 15) is 9.59 Å². The first kappa shape index (κ1) is 21.4. The number of carbonyl (C=O) groups excluding carboxylic acids is 1. The predicted molar refractivity (Wildman–Crippen MR) is 117 cm³/mol. The number of nitrogens with zero attached hydrogens (tertiary/aromatic N) is 4. The molecule has 3 aromatic rings. The van der Waals surface area contributed by atoms with Gasteiger partial charge in [-0.25, -0.2) is 4.98 Å². The summed E-state index contributed by atoms with van der Waals surface area (Å²) in [4.78, 5) is 31.2. The molecule has 1 aromatic carbocycles. The second-order valence-corrected chi connectivity index (χ2v) is 8.11. The molecule has 8 nitrogen and oxygen atoms in total. The summed E-state index contributed by atoms with van der Waals surface area (Å²) in [5.41, 5.74) is 0.653. The predicted octanol–water partition coefficient (Wildman–Crippen LogP) is 3.44. The summed E-state index contributed by atoms with van der Waals surface area (Å²) in [6.07, 6.45) is 1.89. The maximum Gasteiger partial charge on any atom is 0.276 e. The molecule has 1 amide bonds. The van der Waals surface area contributed by atoms with Crippen molar-refractivity contribution < 1.29 is 4.79 Å². The highest BCUT2D eigenvalue weighted by Crippen LogP contribution is 2.27. The smallest absolute Gasteiger partial charge is 0.276 e. The Hall–Kier alpha value is -2.30. The van der Waals surface area contributed by atoms with E-state index < -0.39 is 5.91 Å². The average molecular weight is 451 g/mol. The lowest BCUT2D eigenvalue weighted by molar-refractivity contribution is 0.102. The van der Waals surface area contributed by atoms with Crippen LogP contribution in [0.15, 0.2) is 40.3 Å². The summed E-state index contributed by atoms with van der Waals surface area (Å²) in [6, 6.07) is 8.77. The third kappa shape index (κ3) is 5.40.